The van der Waals surface area contributed by atoms with Crippen LogP contribution in [0.3, 0.4) is 0 Å². The van der Waals surface area contributed by atoms with Crippen LogP contribution >= 0.6 is 11.6 Å². The molecule has 2 heterocycles. The molecular formula is C14H18ClN3. The molecule has 3 nitrogen and oxygen atoms in total. The fourth-order valence-corrected chi connectivity index (χ4v) is 2.13. The Morgan fingerprint density at radius 2 is 2.11 bits per heavy atom. The predicted molar refractivity (Wildman–Crippen MR) is 76.8 cm³/mol. The van der Waals surface area contributed by atoms with Crippen LogP contribution < -0.4 is 0 Å². The number of hydrogen-bond acceptors (Lipinski definition) is 2. The SMILES string of the molecule is C#CC(CC)n1cc(C)c2c(Cl)ncnc21.CC. The maximum atomic E-state index is 6.05. The molecule has 96 valence electrons. The lowest BCUT2D eigenvalue weighted by atomic mass is 10.2. The minimum absolute atomic E-state index is 0.0159. The molecule has 4 heteroatoms. The standard InChI is InChI=1S/C12H12ClN3.C2H6/c1-4-9(5-2)16-6-8(3)10-11(13)14-7-15-12(10)16;1-2/h1,6-7,9H,5H2,2-3H3;1-2H3. The van der Waals surface area contributed by atoms with Crippen molar-refractivity contribution in [1.82, 2.24) is 14.5 Å². The summed E-state index contributed by atoms with van der Waals surface area (Å²) in [6.45, 7) is 8.03. The zero-order chi connectivity index (χ0) is 13.7. The van der Waals surface area contributed by atoms with E-state index in [0.29, 0.717) is 5.15 Å². The van der Waals surface area contributed by atoms with Gasteiger partial charge in [0, 0.05) is 6.20 Å². The van der Waals surface area contributed by atoms with Gasteiger partial charge in [-0.3, -0.25) is 0 Å². The van der Waals surface area contributed by atoms with Crippen LogP contribution in [0.2, 0.25) is 5.15 Å². The smallest absolute Gasteiger partial charge is 0.146 e. The van der Waals surface area contributed by atoms with E-state index < -0.39 is 0 Å². The molecule has 0 bridgehead atoms. The largest absolute Gasteiger partial charge is 0.318 e. The molecule has 18 heavy (non-hydrogen) atoms. The molecule has 2 aromatic heterocycles. The first kappa shape index (κ1) is 14.5. The monoisotopic (exact) mass is 263 g/mol. The first-order valence-corrected chi connectivity index (χ1v) is 6.50. The number of hydrogen-bond donors (Lipinski definition) is 0. The highest BCUT2D eigenvalue weighted by Gasteiger charge is 2.14. The van der Waals surface area contributed by atoms with Gasteiger partial charge in [-0.05, 0) is 18.9 Å². The zero-order valence-electron chi connectivity index (χ0n) is 11.2. The zero-order valence-corrected chi connectivity index (χ0v) is 12.0. The van der Waals surface area contributed by atoms with Gasteiger partial charge in [-0.2, -0.15) is 0 Å². The van der Waals surface area contributed by atoms with Crippen molar-refractivity contribution in [3.8, 4) is 12.3 Å². The molecule has 0 saturated carbocycles. The summed E-state index contributed by atoms with van der Waals surface area (Å²) in [7, 11) is 0. The Kier molecular flexibility index (Phi) is 5.18. The lowest BCUT2D eigenvalue weighted by Crippen LogP contribution is -2.04. The molecule has 0 aliphatic carbocycles. The van der Waals surface area contributed by atoms with E-state index in [1.807, 2.05) is 31.5 Å². The van der Waals surface area contributed by atoms with E-state index in [-0.39, 0.29) is 6.04 Å². The molecule has 1 unspecified atom stereocenters. The average Bonchev–Trinajstić information content (AvgIpc) is 2.73. The number of rotatable bonds is 2. The number of fused-ring (bicyclic) bond motifs is 1. The summed E-state index contributed by atoms with van der Waals surface area (Å²) in [5.74, 6) is 2.75. The summed E-state index contributed by atoms with van der Waals surface area (Å²) in [5, 5.41) is 1.37. The van der Waals surface area contributed by atoms with Crippen molar-refractivity contribution in [2.24, 2.45) is 0 Å². The molecule has 0 spiro atoms. The van der Waals surface area contributed by atoms with Crippen LogP contribution in [-0.2, 0) is 0 Å². The van der Waals surface area contributed by atoms with Crippen molar-refractivity contribution in [2.75, 3.05) is 0 Å². The first-order chi connectivity index (χ1) is 8.69. The van der Waals surface area contributed by atoms with Gasteiger partial charge in [-0.1, -0.05) is 38.3 Å². The van der Waals surface area contributed by atoms with E-state index in [1.165, 1.54) is 6.33 Å². The lowest BCUT2D eigenvalue weighted by Gasteiger charge is -2.10. The average molecular weight is 264 g/mol. The number of terminal acetylenes is 1. The third-order valence-corrected chi connectivity index (χ3v) is 2.95. The molecule has 0 aromatic carbocycles. The van der Waals surface area contributed by atoms with Crippen molar-refractivity contribution >= 4 is 22.6 Å². The second-order valence-corrected chi connectivity index (χ2v) is 4.03. The molecule has 0 fully saturated rings. The summed E-state index contributed by atoms with van der Waals surface area (Å²) in [6.07, 6.45) is 9.82. The number of aryl methyl sites for hydroxylation is 1. The maximum absolute atomic E-state index is 6.05. The van der Waals surface area contributed by atoms with Gasteiger partial charge in [0.25, 0.3) is 0 Å². The minimum atomic E-state index is 0.0159. The Hall–Kier alpha value is -1.53. The van der Waals surface area contributed by atoms with E-state index in [2.05, 4.69) is 22.8 Å². The van der Waals surface area contributed by atoms with Gasteiger partial charge in [0.05, 0.1) is 11.4 Å². The fourth-order valence-electron chi connectivity index (χ4n) is 1.86. The summed E-state index contributed by atoms with van der Waals surface area (Å²) >= 11 is 6.05. The van der Waals surface area contributed by atoms with E-state index in [9.17, 15) is 0 Å². The summed E-state index contributed by atoms with van der Waals surface area (Å²) in [4.78, 5) is 8.23. The van der Waals surface area contributed by atoms with Crippen LogP contribution in [0.15, 0.2) is 12.5 Å². The Labute approximate surface area is 113 Å². The minimum Gasteiger partial charge on any atom is -0.318 e. The van der Waals surface area contributed by atoms with Gasteiger partial charge >= 0.3 is 0 Å². The first-order valence-electron chi connectivity index (χ1n) is 6.12. The maximum Gasteiger partial charge on any atom is 0.146 e. The second-order valence-electron chi connectivity index (χ2n) is 3.67. The normalized spacial score (nSPS) is 11.6. The van der Waals surface area contributed by atoms with Crippen LogP contribution in [0.4, 0.5) is 0 Å². The summed E-state index contributed by atoms with van der Waals surface area (Å²) < 4.78 is 1.98. The Morgan fingerprint density at radius 1 is 1.44 bits per heavy atom. The highest BCUT2D eigenvalue weighted by molar-refractivity contribution is 6.34. The van der Waals surface area contributed by atoms with Crippen LogP contribution in [0.25, 0.3) is 11.0 Å². The van der Waals surface area contributed by atoms with Gasteiger partial charge in [0.15, 0.2) is 0 Å². The van der Waals surface area contributed by atoms with E-state index >= 15 is 0 Å². The number of aromatic nitrogens is 3. The van der Waals surface area contributed by atoms with Crippen LogP contribution in [0.1, 0.15) is 38.8 Å². The van der Waals surface area contributed by atoms with Crippen molar-refractivity contribution in [3.05, 3.63) is 23.2 Å². The van der Waals surface area contributed by atoms with Gasteiger partial charge < -0.3 is 4.57 Å². The van der Waals surface area contributed by atoms with Crippen LogP contribution in [0.5, 0.6) is 0 Å². The second kappa shape index (κ2) is 6.42. The fraction of sp³-hybridized carbons (Fsp3) is 0.429. The predicted octanol–water partition coefficient (Wildman–Crippen LogP) is 4.00. The molecular weight excluding hydrogens is 246 g/mol. The highest BCUT2D eigenvalue weighted by Crippen LogP contribution is 2.27. The number of nitrogens with zero attached hydrogens (tertiary/aromatic N) is 3. The topological polar surface area (TPSA) is 30.7 Å². The Morgan fingerprint density at radius 3 is 2.67 bits per heavy atom. The van der Waals surface area contributed by atoms with Crippen molar-refractivity contribution < 1.29 is 0 Å². The van der Waals surface area contributed by atoms with Gasteiger partial charge in [0.1, 0.15) is 17.1 Å². The summed E-state index contributed by atoms with van der Waals surface area (Å²) in [5.41, 5.74) is 1.86. The molecule has 0 amide bonds. The van der Waals surface area contributed by atoms with Crippen LogP contribution in [0, 0.1) is 19.3 Å². The van der Waals surface area contributed by atoms with Gasteiger partial charge in [-0.25, -0.2) is 9.97 Å². The molecule has 0 aliphatic rings. The molecule has 0 radical (unpaired) electrons. The third-order valence-electron chi connectivity index (χ3n) is 2.67. The molecule has 0 aliphatic heterocycles. The van der Waals surface area contributed by atoms with Crippen molar-refractivity contribution in [1.29, 1.82) is 0 Å². The molecule has 2 rings (SSSR count). The quantitative estimate of drug-likeness (QED) is 0.606. The van der Waals surface area contributed by atoms with Crippen molar-refractivity contribution in [3.63, 3.8) is 0 Å². The Balaban J connectivity index is 0.000000771. The third kappa shape index (κ3) is 2.49. The van der Waals surface area contributed by atoms with Gasteiger partial charge in [-0.15, -0.1) is 6.42 Å². The molecule has 1 atom stereocenters. The lowest BCUT2D eigenvalue weighted by molar-refractivity contribution is 0.619. The van der Waals surface area contributed by atoms with E-state index in [1.54, 1.807) is 0 Å². The van der Waals surface area contributed by atoms with Gasteiger partial charge in [0.2, 0.25) is 0 Å². The van der Waals surface area contributed by atoms with Crippen LogP contribution in [-0.4, -0.2) is 14.5 Å². The molecule has 0 saturated heterocycles. The number of halogens is 1. The summed E-state index contributed by atoms with van der Waals surface area (Å²) in [6, 6.07) is 0.0159. The highest BCUT2D eigenvalue weighted by atomic mass is 35.5. The Bertz CT molecular complexity index is 566. The van der Waals surface area contributed by atoms with Crippen molar-refractivity contribution in [2.45, 2.75) is 40.2 Å². The van der Waals surface area contributed by atoms with E-state index in [4.69, 9.17) is 18.0 Å². The van der Waals surface area contributed by atoms with E-state index in [0.717, 1.165) is 23.0 Å². The molecule has 2 aromatic rings. The molecule has 0 N–H and O–H groups in total.